The Morgan fingerprint density at radius 3 is 2.66 bits per heavy atom. The van der Waals surface area contributed by atoms with Crippen molar-refractivity contribution in [3.05, 3.63) is 69.6 Å². The molecule has 0 amide bonds. The third-order valence-corrected chi connectivity index (χ3v) is 8.81. The molecule has 2 saturated heterocycles. The Morgan fingerprint density at radius 1 is 1.13 bits per heavy atom. The fourth-order valence-electron chi connectivity index (χ4n) is 5.50. The molecule has 5 rings (SSSR count). The predicted molar refractivity (Wildman–Crippen MR) is 150 cm³/mol. The van der Waals surface area contributed by atoms with Gasteiger partial charge in [0.25, 0.3) is 0 Å². The Balaban J connectivity index is 1.23. The molecule has 1 atom stereocenters. The first-order valence-corrected chi connectivity index (χ1v) is 14.5. The summed E-state index contributed by atoms with van der Waals surface area (Å²) in [4.78, 5) is 16.1. The van der Waals surface area contributed by atoms with Crippen LogP contribution in [0, 0.1) is 24.2 Å². The Labute approximate surface area is 229 Å². The van der Waals surface area contributed by atoms with Gasteiger partial charge in [-0.15, -0.1) is 0 Å². The summed E-state index contributed by atoms with van der Waals surface area (Å²) >= 11 is 1.72. The lowest BCUT2D eigenvalue weighted by atomic mass is 9.97. The van der Waals surface area contributed by atoms with Crippen molar-refractivity contribution in [3.63, 3.8) is 0 Å². The minimum Gasteiger partial charge on any atom is -0.488 e. The molecule has 2 N–H and O–H groups in total. The predicted octanol–water partition coefficient (Wildman–Crippen LogP) is 5.15. The van der Waals surface area contributed by atoms with E-state index in [4.69, 9.17) is 4.74 Å². The van der Waals surface area contributed by atoms with E-state index in [0.29, 0.717) is 25.0 Å². The lowest BCUT2D eigenvalue weighted by Crippen LogP contribution is -2.45. The second-order valence-corrected chi connectivity index (χ2v) is 11.5. The molecule has 38 heavy (non-hydrogen) atoms. The van der Waals surface area contributed by atoms with E-state index in [2.05, 4.69) is 45.7 Å². The Hall–Kier alpha value is -2.99. The van der Waals surface area contributed by atoms with Crippen LogP contribution >= 0.6 is 11.8 Å². The number of rotatable bonds is 8. The first-order valence-electron chi connectivity index (χ1n) is 13.6. The second-order valence-electron chi connectivity index (χ2n) is 10.5. The highest BCUT2D eigenvalue weighted by atomic mass is 32.2. The number of nitrogens with zero attached hydrogens (tertiary/aromatic N) is 3. The standard InChI is InChI=1S/C30H36N4O3S/c1-21-5-8-28(26(15-21)27-20-38-30(32-27)34-13-9-23(10-14-34)29(35)36)37-19-24-7-6-22(16-25(24)17-31)18-33-11-3-2-4-12-33/h5-8,15-16,20,23,30,32H,2-4,9-14,18-19H2,1H3,(H,35,36). The molecule has 2 fully saturated rings. The molecule has 3 aliphatic heterocycles. The molecule has 0 aromatic heterocycles. The minimum atomic E-state index is -0.687. The van der Waals surface area contributed by atoms with Crippen molar-refractivity contribution in [2.45, 2.75) is 57.7 Å². The highest BCUT2D eigenvalue weighted by Crippen LogP contribution is 2.36. The number of carboxylic acid groups (broad SMARTS) is 1. The van der Waals surface area contributed by atoms with Crippen LogP contribution in [0.25, 0.3) is 5.70 Å². The van der Waals surface area contributed by atoms with Gasteiger partial charge in [-0.3, -0.25) is 14.6 Å². The molecular weight excluding hydrogens is 496 g/mol. The van der Waals surface area contributed by atoms with Crippen LogP contribution in [0.1, 0.15) is 59.9 Å². The molecule has 200 valence electrons. The zero-order valence-corrected chi connectivity index (χ0v) is 22.8. The molecule has 0 saturated carbocycles. The number of carboxylic acids is 1. The highest BCUT2D eigenvalue weighted by Gasteiger charge is 2.31. The molecule has 2 aromatic carbocycles. The molecule has 1 unspecified atom stereocenters. The molecule has 0 radical (unpaired) electrons. The van der Waals surface area contributed by atoms with E-state index in [1.807, 2.05) is 24.3 Å². The van der Waals surface area contributed by atoms with Crippen molar-refractivity contribution in [1.82, 2.24) is 15.1 Å². The van der Waals surface area contributed by atoms with Crippen LogP contribution in [0.2, 0.25) is 0 Å². The summed E-state index contributed by atoms with van der Waals surface area (Å²) in [7, 11) is 0. The van der Waals surface area contributed by atoms with Gasteiger partial charge in [0.1, 0.15) is 17.9 Å². The molecule has 0 aliphatic carbocycles. The SMILES string of the molecule is Cc1ccc(OCc2ccc(CN3CCCCC3)cc2C#N)c(C2=CSC(N3CCC(C(=O)O)CC3)N2)c1. The first kappa shape index (κ1) is 26.6. The van der Waals surface area contributed by atoms with E-state index in [9.17, 15) is 15.2 Å². The number of thioether (sulfide) groups is 1. The van der Waals surface area contributed by atoms with Crippen molar-refractivity contribution in [2.75, 3.05) is 26.2 Å². The fraction of sp³-hybridized carbons (Fsp3) is 0.467. The summed E-state index contributed by atoms with van der Waals surface area (Å²) in [6.07, 6.45) is 5.18. The van der Waals surface area contributed by atoms with E-state index in [1.54, 1.807) is 11.8 Å². The number of benzene rings is 2. The summed E-state index contributed by atoms with van der Waals surface area (Å²) in [6, 6.07) is 14.7. The molecule has 7 nitrogen and oxygen atoms in total. The molecular formula is C30H36N4O3S. The summed E-state index contributed by atoms with van der Waals surface area (Å²) < 4.78 is 6.31. The van der Waals surface area contributed by atoms with Crippen molar-refractivity contribution >= 4 is 23.4 Å². The van der Waals surface area contributed by atoms with E-state index in [1.165, 1.54) is 24.8 Å². The van der Waals surface area contributed by atoms with Crippen LogP contribution in [0.3, 0.4) is 0 Å². The highest BCUT2D eigenvalue weighted by molar-refractivity contribution is 8.03. The zero-order chi connectivity index (χ0) is 26.5. The first-order chi connectivity index (χ1) is 18.5. The summed E-state index contributed by atoms with van der Waals surface area (Å²) in [6.45, 7) is 7.09. The number of nitrogens with one attached hydrogen (secondary N) is 1. The number of carbonyl (C=O) groups is 1. The molecule has 3 heterocycles. The Morgan fingerprint density at radius 2 is 1.92 bits per heavy atom. The van der Waals surface area contributed by atoms with Crippen LogP contribution in [0.15, 0.2) is 41.8 Å². The number of aryl methyl sites for hydroxylation is 1. The molecule has 3 aliphatic rings. The van der Waals surface area contributed by atoms with Gasteiger partial charge in [0.05, 0.1) is 23.2 Å². The molecule has 8 heteroatoms. The number of hydrogen-bond donors (Lipinski definition) is 2. The normalized spacial score (nSPS) is 20.9. The van der Waals surface area contributed by atoms with Gasteiger partial charge in [0, 0.05) is 30.8 Å². The van der Waals surface area contributed by atoms with Gasteiger partial charge in [-0.05, 0) is 74.9 Å². The number of aliphatic carboxylic acids is 1. The molecule has 0 bridgehead atoms. The minimum absolute atomic E-state index is 0.0887. The van der Waals surface area contributed by atoms with Gasteiger partial charge in [-0.2, -0.15) is 5.26 Å². The summed E-state index contributed by atoms with van der Waals surface area (Å²) in [5, 5.41) is 24.9. The van der Waals surface area contributed by atoms with Gasteiger partial charge in [0.15, 0.2) is 0 Å². The van der Waals surface area contributed by atoms with Crippen molar-refractivity contribution in [2.24, 2.45) is 5.92 Å². The van der Waals surface area contributed by atoms with Gasteiger partial charge in [-0.25, -0.2) is 0 Å². The lowest BCUT2D eigenvalue weighted by molar-refractivity contribution is -0.143. The van der Waals surface area contributed by atoms with Crippen LogP contribution in [0.4, 0.5) is 0 Å². The number of nitriles is 1. The van der Waals surface area contributed by atoms with E-state index in [0.717, 1.165) is 60.9 Å². The lowest BCUT2D eigenvalue weighted by Gasteiger charge is -2.34. The number of hydrogen-bond acceptors (Lipinski definition) is 7. The average molecular weight is 533 g/mol. The third-order valence-electron chi connectivity index (χ3n) is 7.76. The van der Waals surface area contributed by atoms with Crippen LogP contribution in [-0.4, -0.2) is 52.6 Å². The van der Waals surface area contributed by atoms with Crippen LogP contribution < -0.4 is 10.1 Å². The quantitative estimate of drug-likeness (QED) is 0.483. The monoisotopic (exact) mass is 532 g/mol. The average Bonchev–Trinajstić information content (AvgIpc) is 3.43. The maximum atomic E-state index is 11.3. The van der Waals surface area contributed by atoms with Gasteiger partial charge in [0.2, 0.25) is 0 Å². The second kappa shape index (κ2) is 12.2. The van der Waals surface area contributed by atoms with Crippen molar-refractivity contribution in [1.29, 1.82) is 5.26 Å². The van der Waals surface area contributed by atoms with Crippen molar-refractivity contribution < 1.29 is 14.6 Å². The molecule has 2 aromatic rings. The maximum Gasteiger partial charge on any atom is 0.306 e. The topological polar surface area (TPSA) is 88.8 Å². The van der Waals surface area contributed by atoms with Gasteiger partial charge < -0.3 is 15.2 Å². The van der Waals surface area contributed by atoms with Crippen LogP contribution in [0.5, 0.6) is 5.75 Å². The van der Waals surface area contributed by atoms with Gasteiger partial charge >= 0.3 is 5.97 Å². The third kappa shape index (κ3) is 6.35. The van der Waals surface area contributed by atoms with E-state index >= 15 is 0 Å². The molecule has 0 spiro atoms. The van der Waals surface area contributed by atoms with E-state index in [-0.39, 0.29) is 11.4 Å². The van der Waals surface area contributed by atoms with Gasteiger partial charge in [-0.1, -0.05) is 41.9 Å². The number of likely N-dealkylation sites (tertiary alicyclic amines) is 2. The largest absolute Gasteiger partial charge is 0.488 e. The number of ether oxygens (including phenoxy) is 1. The van der Waals surface area contributed by atoms with Crippen LogP contribution in [-0.2, 0) is 17.9 Å². The summed E-state index contributed by atoms with van der Waals surface area (Å²) in [5.41, 5.74) is 5.99. The summed E-state index contributed by atoms with van der Waals surface area (Å²) in [5.74, 6) is -0.145. The Kier molecular flexibility index (Phi) is 8.58. The zero-order valence-electron chi connectivity index (χ0n) is 22.0. The maximum absolute atomic E-state index is 11.3. The fourth-order valence-corrected chi connectivity index (χ4v) is 6.53. The van der Waals surface area contributed by atoms with Crippen molar-refractivity contribution in [3.8, 4) is 11.8 Å². The van der Waals surface area contributed by atoms with E-state index < -0.39 is 5.97 Å². The smallest absolute Gasteiger partial charge is 0.306 e. The number of piperidine rings is 2. The Bertz CT molecular complexity index is 1230.